The van der Waals surface area contributed by atoms with E-state index in [1.807, 2.05) is 35.9 Å². The average Bonchev–Trinajstić information content (AvgIpc) is 3.13. The molecule has 2 amide bonds. The summed E-state index contributed by atoms with van der Waals surface area (Å²) >= 11 is 0. The Kier molecular flexibility index (Phi) is 4.91. The minimum atomic E-state index is 0.104. The number of piperidine rings is 2. The summed E-state index contributed by atoms with van der Waals surface area (Å²) in [6.45, 7) is 6.58. The van der Waals surface area contributed by atoms with E-state index in [1.165, 1.54) is 0 Å². The highest BCUT2D eigenvalue weighted by atomic mass is 16.2. The zero-order chi connectivity index (χ0) is 19.7. The molecule has 148 valence electrons. The van der Waals surface area contributed by atoms with Crippen LogP contribution in [0.2, 0.25) is 0 Å². The summed E-state index contributed by atoms with van der Waals surface area (Å²) in [7, 11) is 0. The van der Waals surface area contributed by atoms with Gasteiger partial charge in [0.1, 0.15) is 0 Å². The molecule has 4 rings (SSSR count). The van der Waals surface area contributed by atoms with Crippen molar-refractivity contribution in [2.24, 2.45) is 5.41 Å². The molecule has 0 atom stereocenters. The number of H-pyrrole nitrogens is 1. The molecule has 7 nitrogen and oxygen atoms in total. The van der Waals surface area contributed by atoms with Crippen molar-refractivity contribution in [2.45, 2.75) is 46.1 Å². The lowest BCUT2D eigenvalue weighted by molar-refractivity contribution is -0.139. The first kappa shape index (κ1) is 18.7. The second-order valence-electron chi connectivity index (χ2n) is 8.21. The summed E-state index contributed by atoms with van der Waals surface area (Å²) in [6.07, 6.45) is 8.66. The Morgan fingerprint density at radius 2 is 1.96 bits per heavy atom. The Hall–Kier alpha value is -2.70. The number of aromatic nitrogens is 3. The van der Waals surface area contributed by atoms with E-state index in [0.29, 0.717) is 13.0 Å². The van der Waals surface area contributed by atoms with Crippen LogP contribution in [0.4, 0.5) is 0 Å². The number of aryl methyl sites for hydroxylation is 2. The van der Waals surface area contributed by atoms with Gasteiger partial charge >= 0.3 is 0 Å². The van der Waals surface area contributed by atoms with Gasteiger partial charge in [-0.3, -0.25) is 19.6 Å². The number of hydrogen-bond acceptors (Lipinski definition) is 4. The fraction of sp³-hybridized carbons (Fsp3) is 0.524. The lowest BCUT2D eigenvalue weighted by atomic mass is 9.72. The van der Waals surface area contributed by atoms with Crippen molar-refractivity contribution in [1.29, 1.82) is 0 Å². The Balaban J connectivity index is 1.40. The van der Waals surface area contributed by atoms with Crippen LogP contribution in [0.1, 0.15) is 53.1 Å². The molecule has 2 aliphatic heterocycles. The van der Waals surface area contributed by atoms with Gasteiger partial charge < -0.3 is 14.8 Å². The average molecular weight is 381 g/mol. The molecule has 0 bridgehead atoms. The van der Waals surface area contributed by atoms with Gasteiger partial charge in [0, 0.05) is 44.1 Å². The minimum absolute atomic E-state index is 0.104. The molecule has 0 aromatic carbocycles. The predicted octanol–water partition coefficient (Wildman–Crippen LogP) is 2.47. The van der Waals surface area contributed by atoms with Gasteiger partial charge in [0.05, 0.1) is 29.7 Å². The second-order valence-corrected chi connectivity index (χ2v) is 8.21. The smallest absolute Gasteiger partial charge is 0.255 e. The highest BCUT2D eigenvalue weighted by Gasteiger charge is 2.42. The number of aromatic amines is 1. The van der Waals surface area contributed by atoms with E-state index in [2.05, 4.69) is 15.0 Å². The zero-order valence-corrected chi connectivity index (χ0v) is 16.6. The lowest BCUT2D eigenvalue weighted by Crippen LogP contribution is -2.52. The van der Waals surface area contributed by atoms with E-state index in [4.69, 9.17) is 0 Å². The van der Waals surface area contributed by atoms with Gasteiger partial charge in [0.15, 0.2) is 0 Å². The van der Waals surface area contributed by atoms with Gasteiger partial charge in [-0.15, -0.1) is 0 Å². The molecule has 0 aliphatic carbocycles. The first-order valence-corrected chi connectivity index (χ1v) is 9.94. The molecular formula is C21H27N5O2. The van der Waals surface area contributed by atoms with Crippen molar-refractivity contribution in [3.8, 4) is 0 Å². The van der Waals surface area contributed by atoms with Gasteiger partial charge in [-0.05, 0) is 44.6 Å². The molecule has 2 aliphatic rings. The molecule has 0 radical (unpaired) electrons. The summed E-state index contributed by atoms with van der Waals surface area (Å²) in [6, 6.07) is 1.85. The summed E-state index contributed by atoms with van der Waals surface area (Å²) in [5.74, 6) is 0.293. The van der Waals surface area contributed by atoms with Crippen LogP contribution in [0, 0.1) is 19.3 Å². The summed E-state index contributed by atoms with van der Waals surface area (Å²) in [5, 5.41) is 0. The molecule has 2 aromatic heterocycles. The third-order valence-corrected chi connectivity index (χ3v) is 6.23. The Morgan fingerprint density at radius 3 is 2.61 bits per heavy atom. The molecule has 7 heteroatoms. The van der Waals surface area contributed by atoms with Crippen LogP contribution in [0.3, 0.4) is 0 Å². The van der Waals surface area contributed by atoms with Gasteiger partial charge in [-0.2, -0.15) is 0 Å². The van der Waals surface area contributed by atoms with Crippen molar-refractivity contribution in [3.05, 3.63) is 47.3 Å². The molecule has 4 heterocycles. The van der Waals surface area contributed by atoms with Crippen LogP contribution >= 0.6 is 0 Å². The van der Waals surface area contributed by atoms with Crippen LogP contribution in [-0.2, 0) is 11.3 Å². The maximum absolute atomic E-state index is 12.8. The normalized spacial score (nSPS) is 19.3. The summed E-state index contributed by atoms with van der Waals surface area (Å²) < 4.78 is 0. The Labute approximate surface area is 165 Å². The topological polar surface area (TPSA) is 82.2 Å². The van der Waals surface area contributed by atoms with Crippen LogP contribution < -0.4 is 0 Å². The second kappa shape index (κ2) is 7.37. The molecule has 2 fully saturated rings. The van der Waals surface area contributed by atoms with Crippen molar-refractivity contribution in [2.75, 3.05) is 19.6 Å². The van der Waals surface area contributed by atoms with Crippen LogP contribution in [0.25, 0.3) is 0 Å². The quantitative estimate of drug-likeness (QED) is 0.885. The van der Waals surface area contributed by atoms with E-state index < -0.39 is 0 Å². The Morgan fingerprint density at radius 1 is 1.18 bits per heavy atom. The number of nitrogens with zero attached hydrogens (tertiary/aromatic N) is 4. The summed E-state index contributed by atoms with van der Waals surface area (Å²) in [4.78, 5) is 40.9. The lowest BCUT2D eigenvalue weighted by Gasteiger charge is -2.47. The summed E-state index contributed by atoms with van der Waals surface area (Å²) in [5.41, 5.74) is 3.48. The van der Waals surface area contributed by atoms with E-state index >= 15 is 0 Å². The Bertz CT molecular complexity index is 865. The van der Waals surface area contributed by atoms with Gasteiger partial charge in [0.25, 0.3) is 5.91 Å². The molecule has 0 saturated carbocycles. The van der Waals surface area contributed by atoms with Crippen molar-refractivity contribution in [3.63, 3.8) is 0 Å². The van der Waals surface area contributed by atoms with Crippen molar-refractivity contribution < 1.29 is 9.59 Å². The molecule has 2 aromatic rings. The van der Waals surface area contributed by atoms with E-state index in [1.54, 1.807) is 12.4 Å². The largest absolute Gasteiger partial charge is 0.365 e. The molecule has 1 N–H and O–H groups in total. The fourth-order valence-corrected chi connectivity index (χ4v) is 4.39. The number of likely N-dealkylation sites (tertiary alicyclic amines) is 2. The van der Waals surface area contributed by atoms with E-state index in [-0.39, 0.29) is 17.2 Å². The van der Waals surface area contributed by atoms with Crippen LogP contribution in [0.5, 0.6) is 0 Å². The highest BCUT2D eigenvalue weighted by Crippen LogP contribution is 2.40. The number of carbonyl (C=O) groups excluding carboxylic acids is 2. The zero-order valence-electron chi connectivity index (χ0n) is 16.6. The number of nitrogens with one attached hydrogen (secondary N) is 1. The molecular weight excluding hydrogens is 354 g/mol. The van der Waals surface area contributed by atoms with Crippen LogP contribution in [-0.4, -0.2) is 56.2 Å². The predicted molar refractivity (Wildman–Crippen MR) is 105 cm³/mol. The van der Waals surface area contributed by atoms with Crippen molar-refractivity contribution >= 4 is 11.8 Å². The molecule has 2 saturated heterocycles. The number of carbonyl (C=O) groups is 2. The third kappa shape index (κ3) is 3.66. The maximum Gasteiger partial charge on any atom is 0.255 e. The number of amides is 2. The van der Waals surface area contributed by atoms with Crippen molar-refractivity contribution in [1.82, 2.24) is 24.8 Å². The minimum Gasteiger partial charge on any atom is -0.365 e. The SMILES string of the molecule is Cc1cnc(CN2CC3(CCC2=O)CCN(C(=O)c2cc[nH]c2C)CC3)cn1. The third-order valence-electron chi connectivity index (χ3n) is 6.23. The van der Waals surface area contributed by atoms with Gasteiger partial charge in [-0.25, -0.2) is 0 Å². The van der Waals surface area contributed by atoms with E-state index in [0.717, 1.165) is 61.5 Å². The van der Waals surface area contributed by atoms with Gasteiger partial charge in [-0.1, -0.05) is 0 Å². The first-order chi connectivity index (χ1) is 13.5. The number of hydrogen-bond donors (Lipinski definition) is 1. The monoisotopic (exact) mass is 381 g/mol. The maximum atomic E-state index is 12.8. The van der Waals surface area contributed by atoms with E-state index in [9.17, 15) is 9.59 Å². The number of rotatable bonds is 3. The molecule has 1 spiro atoms. The highest BCUT2D eigenvalue weighted by molar-refractivity contribution is 5.95. The van der Waals surface area contributed by atoms with Crippen LogP contribution in [0.15, 0.2) is 24.7 Å². The molecule has 0 unspecified atom stereocenters. The first-order valence-electron chi connectivity index (χ1n) is 9.94. The molecule has 28 heavy (non-hydrogen) atoms. The van der Waals surface area contributed by atoms with Gasteiger partial charge in [0.2, 0.25) is 5.91 Å². The fourth-order valence-electron chi connectivity index (χ4n) is 4.39. The standard InChI is InChI=1S/C21H27N5O2/c1-15-11-24-17(12-23-15)13-26-14-21(5-3-19(26)27)6-9-25(10-7-21)20(28)18-4-8-22-16(18)2/h4,8,11-12,22H,3,5-7,9-10,13-14H2,1-2H3.